The third kappa shape index (κ3) is 2.71. The molecule has 2 rings (SSSR count). The first kappa shape index (κ1) is 12.6. The van der Waals surface area contributed by atoms with E-state index in [1.807, 2.05) is 42.1 Å². The molecule has 0 unspecified atom stereocenters. The summed E-state index contributed by atoms with van der Waals surface area (Å²) in [5.74, 6) is 1.01. The van der Waals surface area contributed by atoms with Crippen LogP contribution in [-0.4, -0.2) is 20.9 Å². The third-order valence-electron chi connectivity index (χ3n) is 2.75. The summed E-state index contributed by atoms with van der Waals surface area (Å²) in [4.78, 5) is 0. The van der Waals surface area contributed by atoms with Crippen molar-refractivity contribution in [1.29, 1.82) is 0 Å². The van der Waals surface area contributed by atoms with E-state index in [0.29, 0.717) is 6.04 Å². The predicted molar refractivity (Wildman–Crippen MR) is 73.3 cm³/mol. The molecule has 0 atom stereocenters. The maximum absolute atomic E-state index is 9.02. The van der Waals surface area contributed by atoms with Gasteiger partial charge in [0, 0.05) is 24.7 Å². The second-order valence-corrected chi connectivity index (χ2v) is 4.69. The van der Waals surface area contributed by atoms with Crippen molar-refractivity contribution in [1.82, 2.24) is 9.78 Å². The number of anilines is 1. The molecule has 0 saturated carbocycles. The molecule has 0 saturated heterocycles. The summed E-state index contributed by atoms with van der Waals surface area (Å²) in [6.45, 7) is 4.27. The van der Waals surface area contributed by atoms with Crippen molar-refractivity contribution in [2.45, 2.75) is 26.5 Å². The Balaban J connectivity index is 2.27. The zero-order valence-corrected chi connectivity index (χ0v) is 11.0. The lowest BCUT2D eigenvalue weighted by Crippen LogP contribution is -2.12. The quantitative estimate of drug-likeness (QED) is 0.869. The highest BCUT2D eigenvalue weighted by Crippen LogP contribution is 2.22. The highest BCUT2D eigenvalue weighted by molar-refractivity contribution is 5.63. The van der Waals surface area contributed by atoms with Crippen LogP contribution in [0.3, 0.4) is 0 Å². The predicted octanol–water partition coefficient (Wildman–Crippen LogP) is 2.40. The number of hydrogen-bond donors (Lipinski definition) is 2. The molecule has 0 radical (unpaired) electrons. The van der Waals surface area contributed by atoms with Crippen molar-refractivity contribution in [2.75, 3.05) is 5.32 Å². The summed E-state index contributed by atoms with van der Waals surface area (Å²) >= 11 is 0. The Hall–Kier alpha value is -1.81. The van der Waals surface area contributed by atoms with Gasteiger partial charge in [-0.3, -0.25) is 4.68 Å². The molecular formula is C14H19N3O. The number of aliphatic hydroxyl groups excluding tert-OH is 1. The second kappa shape index (κ2) is 5.23. The lowest BCUT2D eigenvalue weighted by Gasteiger charge is -2.08. The first-order chi connectivity index (χ1) is 8.60. The van der Waals surface area contributed by atoms with Gasteiger partial charge in [0.15, 0.2) is 0 Å². The van der Waals surface area contributed by atoms with Crippen LogP contribution in [0.25, 0.3) is 11.3 Å². The van der Waals surface area contributed by atoms with Crippen molar-refractivity contribution in [3.05, 3.63) is 35.9 Å². The van der Waals surface area contributed by atoms with Crippen molar-refractivity contribution >= 4 is 5.82 Å². The van der Waals surface area contributed by atoms with Crippen LogP contribution in [-0.2, 0) is 13.7 Å². The van der Waals surface area contributed by atoms with Crippen LogP contribution in [0.1, 0.15) is 19.4 Å². The normalized spacial score (nSPS) is 10.9. The highest BCUT2D eigenvalue weighted by atomic mass is 16.3. The largest absolute Gasteiger partial charge is 0.392 e. The summed E-state index contributed by atoms with van der Waals surface area (Å²) in [6, 6.07) is 10.2. The number of rotatable bonds is 4. The van der Waals surface area contributed by atoms with Crippen molar-refractivity contribution in [3.63, 3.8) is 0 Å². The maximum atomic E-state index is 9.02. The van der Waals surface area contributed by atoms with Crippen LogP contribution >= 0.6 is 0 Å². The first-order valence-electron chi connectivity index (χ1n) is 6.11. The summed E-state index contributed by atoms with van der Waals surface area (Å²) in [7, 11) is 1.93. The molecule has 96 valence electrons. The zero-order valence-electron chi connectivity index (χ0n) is 11.0. The molecule has 0 aliphatic rings. The van der Waals surface area contributed by atoms with E-state index in [9.17, 15) is 0 Å². The van der Waals surface area contributed by atoms with Gasteiger partial charge < -0.3 is 10.4 Å². The van der Waals surface area contributed by atoms with E-state index in [-0.39, 0.29) is 6.61 Å². The molecule has 4 nitrogen and oxygen atoms in total. The van der Waals surface area contributed by atoms with Crippen molar-refractivity contribution in [3.8, 4) is 11.3 Å². The van der Waals surface area contributed by atoms with Crippen LogP contribution in [0.2, 0.25) is 0 Å². The molecule has 0 fully saturated rings. The van der Waals surface area contributed by atoms with Crippen molar-refractivity contribution < 1.29 is 5.11 Å². The van der Waals surface area contributed by atoms with Gasteiger partial charge in [-0.2, -0.15) is 5.10 Å². The smallest absolute Gasteiger partial charge is 0.124 e. The Morgan fingerprint density at radius 3 is 2.50 bits per heavy atom. The van der Waals surface area contributed by atoms with Gasteiger partial charge in [0.25, 0.3) is 0 Å². The van der Waals surface area contributed by atoms with E-state index in [1.165, 1.54) is 0 Å². The number of aliphatic hydroxyl groups is 1. The van der Waals surface area contributed by atoms with Gasteiger partial charge in [-0.25, -0.2) is 0 Å². The van der Waals surface area contributed by atoms with Crippen LogP contribution in [0.5, 0.6) is 0 Å². The SMILES string of the molecule is CC(C)Nc1cc(-c2ccc(CO)cc2)nn1C. The van der Waals surface area contributed by atoms with Gasteiger partial charge in [0.05, 0.1) is 12.3 Å². The summed E-state index contributed by atoms with van der Waals surface area (Å²) in [5, 5.41) is 16.8. The van der Waals surface area contributed by atoms with E-state index >= 15 is 0 Å². The Bertz CT molecular complexity index is 514. The minimum Gasteiger partial charge on any atom is -0.392 e. The zero-order chi connectivity index (χ0) is 13.1. The molecule has 1 heterocycles. The molecule has 0 aliphatic carbocycles. The fourth-order valence-electron chi connectivity index (χ4n) is 1.82. The molecule has 1 aromatic carbocycles. The van der Waals surface area contributed by atoms with Gasteiger partial charge >= 0.3 is 0 Å². The topological polar surface area (TPSA) is 50.1 Å². The average Bonchev–Trinajstić information content (AvgIpc) is 2.70. The Morgan fingerprint density at radius 2 is 1.94 bits per heavy atom. The van der Waals surface area contributed by atoms with E-state index in [2.05, 4.69) is 24.3 Å². The van der Waals surface area contributed by atoms with Gasteiger partial charge in [-0.05, 0) is 19.4 Å². The minimum atomic E-state index is 0.0721. The average molecular weight is 245 g/mol. The van der Waals surface area contributed by atoms with Crippen LogP contribution in [0, 0.1) is 0 Å². The van der Waals surface area contributed by atoms with Crippen LogP contribution < -0.4 is 5.32 Å². The Morgan fingerprint density at radius 1 is 1.28 bits per heavy atom. The second-order valence-electron chi connectivity index (χ2n) is 4.69. The van der Waals surface area contributed by atoms with E-state index < -0.39 is 0 Å². The number of nitrogens with one attached hydrogen (secondary N) is 1. The fraction of sp³-hybridized carbons (Fsp3) is 0.357. The van der Waals surface area contributed by atoms with Gasteiger partial charge in [0.1, 0.15) is 5.82 Å². The summed E-state index contributed by atoms with van der Waals surface area (Å²) in [5.41, 5.74) is 2.90. The molecule has 18 heavy (non-hydrogen) atoms. The maximum Gasteiger partial charge on any atom is 0.124 e. The number of aryl methyl sites for hydroxylation is 1. The lowest BCUT2D eigenvalue weighted by atomic mass is 10.1. The lowest BCUT2D eigenvalue weighted by molar-refractivity contribution is 0.282. The molecule has 2 aromatic rings. The van der Waals surface area contributed by atoms with Crippen LogP contribution in [0.4, 0.5) is 5.82 Å². The Kier molecular flexibility index (Phi) is 3.67. The molecular weight excluding hydrogens is 226 g/mol. The number of aromatic nitrogens is 2. The molecule has 1 aromatic heterocycles. The number of hydrogen-bond acceptors (Lipinski definition) is 3. The van der Waals surface area contributed by atoms with Gasteiger partial charge in [-0.15, -0.1) is 0 Å². The molecule has 2 N–H and O–H groups in total. The fourth-order valence-corrected chi connectivity index (χ4v) is 1.82. The third-order valence-corrected chi connectivity index (χ3v) is 2.75. The molecule has 0 amide bonds. The summed E-state index contributed by atoms with van der Waals surface area (Å²) in [6.07, 6.45) is 0. The molecule has 0 spiro atoms. The molecule has 4 heteroatoms. The van der Waals surface area contributed by atoms with E-state index in [0.717, 1.165) is 22.6 Å². The molecule has 0 bridgehead atoms. The summed E-state index contributed by atoms with van der Waals surface area (Å²) < 4.78 is 1.84. The number of benzene rings is 1. The first-order valence-corrected chi connectivity index (χ1v) is 6.11. The Labute approximate surface area is 107 Å². The van der Waals surface area contributed by atoms with Gasteiger partial charge in [-0.1, -0.05) is 24.3 Å². The van der Waals surface area contributed by atoms with E-state index in [4.69, 9.17) is 5.11 Å². The monoisotopic (exact) mass is 245 g/mol. The van der Waals surface area contributed by atoms with E-state index in [1.54, 1.807) is 0 Å². The number of nitrogens with zero attached hydrogens (tertiary/aromatic N) is 2. The van der Waals surface area contributed by atoms with Crippen LogP contribution in [0.15, 0.2) is 30.3 Å². The van der Waals surface area contributed by atoms with Gasteiger partial charge in [0.2, 0.25) is 0 Å². The molecule has 0 aliphatic heterocycles. The van der Waals surface area contributed by atoms with Crippen molar-refractivity contribution in [2.24, 2.45) is 7.05 Å². The standard InChI is InChI=1S/C14H19N3O/c1-10(2)15-14-8-13(16-17(14)3)12-6-4-11(9-18)5-7-12/h4-8,10,15,18H,9H2,1-3H3. The minimum absolute atomic E-state index is 0.0721. The highest BCUT2D eigenvalue weighted by Gasteiger charge is 2.07.